The van der Waals surface area contributed by atoms with Crippen LogP contribution in [0, 0.1) is 0 Å². The van der Waals surface area contributed by atoms with Gasteiger partial charge in [0.15, 0.2) is 0 Å². The van der Waals surface area contributed by atoms with E-state index in [0.29, 0.717) is 25.2 Å². The molecule has 0 saturated heterocycles. The summed E-state index contributed by atoms with van der Waals surface area (Å²) in [6.07, 6.45) is 2.96. The summed E-state index contributed by atoms with van der Waals surface area (Å²) < 4.78 is 7.14. The summed E-state index contributed by atoms with van der Waals surface area (Å²) in [5, 5.41) is 1.25. The molecule has 0 N–H and O–H groups in total. The minimum atomic E-state index is -0.336. The van der Waals surface area contributed by atoms with Crippen molar-refractivity contribution < 1.29 is 14.3 Å². The number of benzene rings is 3. The van der Waals surface area contributed by atoms with E-state index < -0.39 is 0 Å². The van der Waals surface area contributed by atoms with Crippen LogP contribution in [0.25, 0.3) is 10.9 Å². The molecule has 35 heavy (non-hydrogen) atoms. The van der Waals surface area contributed by atoms with Crippen LogP contribution in [-0.2, 0) is 30.7 Å². The van der Waals surface area contributed by atoms with E-state index in [9.17, 15) is 9.59 Å². The number of aryl methyl sites for hydroxylation is 1. The van der Waals surface area contributed by atoms with Crippen LogP contribution in [0.4, 0.5) is 0 Å². The molecule has 5 heteroatoms. The molecule has 5 nitrogen and oxygen atoms in total. The minimum Gasteiger partial charge on any atom is -0.465 e. The molecule has 0 aliphatic carbocycles. The number of aromatic nitrogens is 1. The van der Waals surface area contributed by atoms with E-state index in [1.54, 1.807) is 12.1 Å². The van der Waals surface area contributed by atoms with Crippen molar-refractivity contribution >= 4 is 22.8 Å². The zero-order valence-electron chi connectivity index (χ0n) is 20.3. The zero-order chi connectivity index (χ0) is 24.4. The third kappa shape index (κ3) is 4.46. The molecular formula is C30H30N2O3. The quantitative estimate of drug-likeness (QED) is 0.346. The van der Waals surface area contributed by atoms with Gasteiger partial charge in [-0.2, -0.15) is 0 Å². The molecular weight excluding hydrogens is 436 g/mol. The Morgan fingerprint density at radius 1 is 0.886 bits per heavy atom. The number of ether oxygens (including phenoxy) is 1. The van der Waals surface area contributed by atoms with Gasteiger partial charge in [-0.05, 0) is 59.9 Å². The molecule has 0 spiro atoms. The SMILES string of the molecule is CCCc1ccc(C(=O)N2CCc3c(n(Cc4ccc(C(=O)OC)cc4)c4ccccc34)C2)cc1. The number of hydrogen-bond acceptors (Lipinski definition) is 3. The summed E-state index contributed by atoms with van der Waals surface area (Å²) >= 11 is 0. The first-order valence-electron chi connectivity index (χ1n) is 12.2. The van der Waals surface area contributed by atoms with Gasteiger partial charge in [-0.3, -0.25) is 4.79 Å². The molecule has 0 bridgehead atoms. The predicted octanol–water partition coefficient (Wildman–Crippen LogP) is 5.63. The Balaban J connectivity index is 1.45. The Kier molecular flexibility index (Phi) is 6.41. The molecule has 0 fully saturated rings. The van der Waals surface area contributed by atoms with Gasteiger partial charge in [0.2, 0.25) is 0 Å². The molecule has 1 aliphatic rings. The van der Waals surface area contributed by atoms with Crippen molar-refractivity contribution in [1.29, 1.82) is 0 Å². The lowest BCUT2D eigenvalue weighted by Gasteiger charge is -2.29. The summed E-state index contributed by atoms with van der Waals surface area (Å²) in [4.78, 5) is 27.1. The molecule has 1 amide bonds. The van der Waals surface area contributed by atoms with E-state index in [1.807, 2.05) is 29.2 Å². The van der Waals surface area contributed by atoms with Crippen molar-refractivity contribution in [3.05, 3.63) is 106 Å². The fraction of sp³-hybridized carbons (Fsp3) is 0.267. The standard InChI is InChI=1S/C30H30N2O3/c1-3-6-21-9-13-23(14-10-21)29(33)31-18-17-26-25-7-4-5-8-27(25)32(28(26)20-31)19-22-11-15-24(16-12-22)30(34)35-2/h4-5,7-16H,3,6,17-20H2,1-2H3. The summed E-state index contributed by atoms with van der Waals surface area (Å²) in [7, 11) is 1.39. The number of carbonyl (C=O) groups excluding carboxylic acids is 2. The topological polar surface area (TPSA) is 51.5 Å². The summed E-state index contributed by atoms with van der Waals surface area (Å²) in [5.74, 6) is -0.254. The third-order valence-corrected chi connectivity index (χ3v) is 6.91. The van der Waals surface area contributed by atoms with E-state index in [1.165, 1.54) is 34.8 Å². The van der Waals surface area contributed by atoms with Crippen LogP contribution in [0.5, 0.6) is 0 Å². The van der Waals surface area contributed by atoms with Crippen molar-refractivity contribution in [3.8, 4) is 0 Å². The van der Waals surface area contributed by atoms with Crippen LogP contribution in [0.1, 0.15) is 56.4 Å². The van der Waals surface area contributed by atoms with Gasteiger partial charge >= 0.3 is 5.97 Å². The maximum atomic E-state index is 13.4. The van der Waals surface area contributed by atoms with E-state index in [0.717, 1.165) is 30.4 Å². The largest absolute Gasteiger partial charge is 0.465 e. The molecule has 3 aromatic carbocycles. The average Bonchev–Trinajstić information content (AvgIpc) is 3.21. The Morgan fingerprint density at radius 3 is 2.29 bits per heavy atom. The molecule has 1 aliphatic heterocycles. The van der Waals surface area contributed by atoms with Crippen LogP contribution in [0.15, 0.2) is 72.8 Å². The first-order valence-corrected chi connectivity index (χ1v) is 12.2. The smallest absolute Gasteiger partial charge is 0.337 e. The van der Waals surface area contributed by atoms with Crippen molar-refractivity contribution in [2.45, 2.75) is 39.3 Å². The van der Waals surface area contributed by atoms with E-state index in [2.05, 4.69) is 47.9 Å². The van der Waals surface area contributed by atoms with Crippen LogP contribution in [0.2, 0.25) is 0 Å². The second-order valence-corrected chi connectivity index (χ2v) is 9.14. The number of fused-ring (bicyclic) bond motifs is 3. The Bertz CT molecular complexity index is 1370. The fourth-order valence-corrected chi connectivity index (χ4v) is 5.08. The molecule has 2 heterocycles. The fourth-order valence-electron chi connectivity index (χ4n) is 5.08. The second kappa shape index (κ2) is 9.79. The number of para-hydroxylation sites is 1. The lowest BCUT2D eigenvalue weighted by atomic mass is 10.0. The maximum absolute atomic E-state index is 13.4. The number of nitrogens with zero attached hydrogens (tertiary/aromatic N) is 2. The maximum Gasteiger partial charge on any atom is 0.337 e. The zero-order valence-corrected chi connectivity index (χ0v) is 20.3. The average molecular weight is 467 g/mol. The van der Waals surface area contributed by atoms with Gasteiger partial charge in [0.05, 0.1) is 19.2 Å². The highest BCUT2D eigenvalue weighted by Gasteiger charge is 2.27. The molecule has 0 radical (unpaired) electrons. The normalized spacial score (nSPS) is 13.0. The van der Waals surface area contributed by atoms with Crippen molar-refractivity contribution in [2.24, 2.45) is 0 Å². The van der Waals surface area contributed by atoms with Crippen molar-refractivity contribution in [2.75, 3.05) is 13.7 Å². The predicted molar refractivity (Wildman–Crippen MR) is 138 cm³/mol. The molecule has 5 rings (SSSR count). The molecule has 0 atom stereocenters. The van der Waals surface area contributed by atoms with Gasteiger partial charge in [-0.15, -0.1) is 0 Å². The molecule has 0 unspecified atom stereocenters. The first-order chi connectivity index (χ1) is 17.1. The van der Waals surface area contributed by atoms with Gasteiger partial charge < -0.3 is 14.2 Å². The highest BCUT2D eigenvalue weighted by atomic mass is 16.5. The van der Waals surface area contributed by atoms with Crippen molar-refractivity contribution in [3.63, 3.8) is 0 Å². The van der Waals surface area contributed by atoms with E-state index in [4.69, 9.17) is 4.74 Å². The van der Waals surface area contributed by atoms with Gasteiger partial charge in [0.1, 0.15) is 0 Å². The summed E-state index contributed by atoms with van der Waals surface area (Å²) in [6, 6.07) is 24.1. The highest BCUT2D eigenvalue weighted by molar-refractivity contribution is 5.95. The minimum absolute atomic E-state index is 0.0814. The van der Waals surface area contributed by atoms with Crippen LogP contribution < -0.4 is 0 Å². The van der Waals surface area contributed by atoms with Crippen LogP contribution in [0.3, 0.4) is 0 Å². The number of hydrogen-bond donors (Lipinski definition) is 0. The molecule has 4 aromatic rings. The Morgan fingerprint density at radius 2 is 1.57 bits per heavy atom. The number of rotatable bonds is 6. The summed E-state index contributed by atoms with van der Waals surface area (Å²) in [6.45, 7) is 4.13. The molecule has 178 valence electrons. The van der Waals surface area contributed by atoms with Gasteiger partial charge in [-0.25, -0.2) is 4.79 Å². The monoisotopic (exact) mass is 466 g/mol. The van der Waals surface area contributed by atoms with E-state index in [-0.39, 0.29) is 11.9 Å². The van der Waals surface area contributed by atoms with Crippen LogP contribution in [-0.4, -0.2) is 35.0 Å². The summed E-state index contributed by atoms with van der Waals surface area (Å²) in [5.41, 5.74) is 7.33. The molecule has 1 aromatic heterocycles. The number of amides is 1. The van der Waals surface area contributed by atoms with Gasteiger partial charge in [0.25, 0.3) is 5.91 Å². The Hall–Kier alpha value is -3.86. The number of methoxy groups -OCH3 is 1. The lowest BCUT2D eigenvalue weighted by molar-refractivity contribution is 0.0600. The highest BCUT2D eigenvalue weighted by Crippen LogP contribution is 2.32. The number of carbonyl (C=O) groups is 2. The number of esters is 1. The second-order valence-electron chi connectivity index (χ2n) is 9.14. The lowest BCUT2D eigenvalue weighted by Crippen LogP contribution is -2.36. The van der Waals surface area contributed by atoms with Crippen LogP contribution >= 0.6 is 0 Å². The third-order valence-electron chi connectivity index (χ3n) is 6.91. The molecule has 0 saturated carbocycles. The Labute approximate surface area is 205 Å². The van der Waals surface area contributed by atoms with Gasteiger partial charge in [0, 0.05) is 35.2 Å². The van der Waals surface area contributed by atoms with E-state index >= 15 is 0 Å². The van der Waals surface area contributed by atoms with Gasteiger partial charge in [-0.1, -0.05) is 55.8 Å². The van der Waals surface area contributed by atoms with Crippen molar-refractivity contribution in [1.82, 2.24) is 9.47 Å². The first kappa shape index (κ1) is 22.9.